The van der Waals surface area contributed by atoms with Crippen LogP contribution >= 0.6 is 0 Å². The highest BCUT2D eigenvalue weighted by atomic mass is 16.5. The molecule has 0 spiro atoms. The van der Waals surface area contributed by atoms with Crippen LogP contribution in [0.25, 0.3) is 0 Å². The van der Waals surface area contributed by atoms with E-state index < -0.39 is 5.97 Å². The van der Waals surface area contributed by atoms with Crippen LogP contribution in [0.4, 0.5) is 0 Å². The van der Waals surface area contributed by atoms with Crippen LogP contribution in [0.1, 0.15) is 16.1 Å². The lowest BCUT2D eigenvalue weighted by Crippen LogP contribution is -2.15. The van der Waals surface area contributed by atoms with Crippen LogP contribution < -0.4 is 4.74 Å². The number of carboxylic acid groups (broad SMARTS) is 1. The Morgan fingerprint density at radius 3 is 2.78 bits per heavy atom. The highest BCUT2D eigenvalue weighted by Crippen LogP contribution is 2.11. The third-order valence-corrected chi connectivity index (χ3v) is 2.43. The molecule has 94 valence electrons. The maximum atomic E-state index is 10.8. The summed E-state index contributed by atoms with van der Waals surface area (Å²) >= 11 is 0. The second-order valence-electron chi connectivity index (χ2n) is 3.81. The maximum absolute atomic E-state index is 10.8. The first-order valence-electron chi connectivity index (χ1n) is 5.48. The van der Waals surface area contributed by atoms with E-state index in [1.54, 1.807) is 0 Å². The number of hydrogen-bond acceptors (Lipinski definition) is 4. The standard InChI is InChI=1S/C12H13N3O3/c1-9-2-4-10(5-3-9)18-7-6-15-11(12(16)17)8-13-14-15/h2-5,8H,6-7H2,1H3,(H,16,17). The van der Waals surface area contributed by atoms with Crippen LogP contribution in [0.5, 0.6) is 5.75 Å². The average Bonchev–Trinajstić information content (AvgIpc) is 2.80. The van der Waals surface area contributed by atoms with E-state index in [9.17, 15) is 4.79 Å². The molecule has 18 heavy (non-hydrogen) atoms. The third-order valence-electron chi connectivity index (χ3n) is 2.43. The van der Waals surface area contributed by atoms with Crippen molar-refractivity contribution in [2.24, 2.45) is 0 Å². The number of ether oxygens (including phenoxy) is 1. The second-order valence-corrected chi connectivity index (χ2v) is 3.81. The molecule has 2 rings (SSSR count). The van der Waals surface area contributed by atoms with Crippen LogP contribution in [0.3, 0.4) is 0 Å². The van der Waals surface area contributed by atoms with Crippen LogP contribution in [-0.4, -0.2) is 32.7 Å². The Morgan fingerprint density at radius 2 is 2.11 bits per heavy atom. The van der Waals surface area contributed by atoms with Gasteiger partial charge in [-0.1, -0.05) is 22.9 Å². The molecule has 2 aromatic rings. The van der Waals surface area contributed by atoms with Gasteiger partial charge in [-0.05, 0) is 19.1 Å². The van der Waals surface area contributed by atoms with E-state index in [1.807, 2.05) is 31.2 Å². The fraction of sp³-hybridized carbons (Fsp3) is 0.250. The zero-order valence-corrected chi connectivity index (χ0v) is 9.91. The fourth-order valence-corrected chi connectivity index (χ4v) is 1.47. The van der Waals surface area contributed by atoms with E-state index in [0.29, 0.717) is 13.2 Å². The predicted octanol–water partition coefficient (Wildman–Crippen LogP) is 1.36. The van der Waals surface area contributed by atoms with Crippen molar-refractivity contribution in [3.8, 4) is 5.75 Å². The molecule has 6 nitrogen and oxygen atoms in total. The van der Waals surface area contributed by atoms with Gasteiger partial charge in [-0.25, -0.2) is 9.48 Å². The molecule has 0 aliphatic carbocycles. The SMILES string of the molecule is Cc1ccc(OCCn2nncc2C(=O)O)cc1. The normalized spacial score (nSPS) is 10.3. The molecular formula is C12H13N3O3. The third kappa shape index (κ3) is 2.85. The summed E-state index contributed by atoms with van der Waals surface area (Å²) < 4.78 is 6.79. The minimum absolute atomic E-state index is 0.0579. The Labute approximate surface area is 104 Å². The van der Waals surface area contributed by atoms with Gasteiger partial charge in [0.05, 0.1) is 12.7 Å². The molecule has 0 radical (unpaired) electrons. The van der Waals surface area contributed by atoms with E-state index in [-0.39, 0.29) is 5.69 Å². The van der Waals surface area contributed by atoms with E-state index in [0.717, 1.165) is 11.3 Å². The highest BCUT2D eigenvalue weighted by Gasteiger charge is 2.10. The van der Waals surface area contributed by atoms with Crippen LogP contribution in [0, 0.1) is 6.92 Å². The van der Waals surface area contributed by atoms with Crippen molar-refractivity contribution < 1.29 is 14.6 Å². The maximum Gasteiger partial charge on any atom is 0.355 e. The molecule has 0 amide bonds. The molecule has 0 saturated carbocycles. The van der Waals surface area contributed by atoms with Crippen molar-refractivity contribution in [3.05, 3.63) is 41.7 Å². The summed E-state index contributed by atoms with van der Waals surface area (Å²) in [4.78, 5) is 10.8. The molecule has 0 bridgehead atoms. The number of nitrogens with zero attached hydrogens (tertiary/aromatic N) is 3. The number of aromatic nitrogens is 3. The van der Waals surface area contributed by atoms with Gasteiger partial charge >= 0.3 is 5.97 Å². The predicted molar refractivity (Wildman–Crippen MR) is 63.7 cm³/mol. The number of benzene rings is 1. The van der Waals surface area contributed by atoms with Crippen LogP contribution in [-0.2, 0) is 6.54 Å². The molecule has 0 aliphatic heterocycles. The lowest BCUT2D eigenvalue weighted by atomic mass is 10.2. The number of aryl methyl sites for hydroxylation is 1. The van der Waals surface area contributed by atoms with Crippen molar-refractivity contribution in [1.29, 1.82) is 0 Å². The Morgan fingerprint density at radius 1 is 1.39 bits per heavy atom. The van der Waals surface area contributed by atoms with Gasteiger partial charge in [0.15, 0.2) is 5.69 Å². The van der Waals surface area contributed by atoms with E-state index in [1.165, 1.54) is 10.9 Å². The van der Waals surface area contributed by atoms with Crippen molar-refractivity contribution in [1.82, 2.24) is 15.0 Å². The molecule has 1 heterocycles. The van der Waals surface area contributed by atoms with Gasteiger partial charge in [0.25, 0.3) is 0 Å². The van der Waals surface area contributed by atoms with Gasteiger partial charge < -0.3 is 9.84 Å². The molecule has 0 atom stereocenters. The van der Waals surface area contributed by atoms with Crippen molar-refractivity contribution in [3.63, 3.8) is 0 Å². The highest BCUT2D eigenvalue weighted by molar-refractivity contribution is 5.85. The van der Waals surface area contributed by atoms with Crippen molar-refractivity contribution in [2.45, 2.75) is 13.5 Å². The monoisotopic (exact) mass is 247 g/mol. The van der Waals surface area contributed by atoms with Gasteiger partial charge in [-0.3, -0.25) is 0 Å². The Bertz CT molecular complexity index is 534. The first kappa shape index (κ1) is 12.1. The van der Waals surface area contributed by atoms with Gasteiger partial charge in [0.1, 0.15) is 12.4 Å². The number of rotatable bonds is 5. The summed E-state index contributed by atoms with van der Waals surface area (Å²) in [5, 5.41) is 16.1. The molecule has 1 N–H and O–H groups in total. The number of carbonyl (C=O) groups is 1. The summed E-state index contributed by atoms with van der Waals surface area (Å²) in [5.41, 5.74) is 1.22. The smallest absolute Gasteiger partial charge is 0.355 e. The number of hydrogen-bond donors (Lipinski definition) is 1. The molecule has 0 fully saturated rings. The molecule has 0 saturated heterocycles. The molecule has 6 heteroatoms. The summed E-state index contributed by atoms with van der Waals surface area (Å²) in [7, 11) is 0. The van der Waals surface area contributed by atoms with Crippen molar-refractivity contribution >= 4 is 5.97 Å². The molecule has 0 aliphatic rings. The van der Waals surface area contributed by atoms with Crippen LogP contribution in [0.15, 0.2) is 30.5 Å². The molecule has 0 unspecified atom stereocenters. The molecular weight excluding hydrogens is 234 g/mol. The number of carboxylic acids is 1. The minimum atomic E-state index is -1.05. The minimum Gasteiger partial charge on any atom is -0.492 e. The summed E-state index contributed by atoms with van der Waals surface area (Å²) in [5.74, 6) is -0.298. The van der Waals surface area contributed by atoms with Crippen LogP contribution in [0.2, 0.25) is 0 Å². The Hall–Kier alpha value is -2.37. The van der Waals surface area contributed by atoms with Gasteiger partial charge in [0.2, 0.25) is 0 Å². The first-order valence-corrected chi connectivity index (χ1v) is 5.48. The van der Waals surface area contributed by atoms with Gasteiger partial charge in [0, 0.05) is 0 Å². The quantitative estimate of drug-likeness (QED) is 0.863. The van der Waals surface area contributed by atoms with E-state index >= 15 is 0 Å². The Kier molecular flexibility index (Phi) is 3.57. The van der Waals surface area contributed by atoms with E-state index in [4.69, 9.17) is 9.84 Å². The van der Waals surface area contributed by atoms with Gasteiger partial charge in [-0.2, -0.15) is 0 Å². The lowest BCUT2D eigenvalue weighted by Gasteiger charge is -2.07. The van der Waals surface area contributed by atoms with E-state index in [2.05, 4.69) is 10.3 Å². The Balaban J connectivity index is 1.90. The summed E-state index contributed by atoms with van der Waals surface area (Å²) in [6.07, 6.45) is 1.22. The second kappa shape index (κ2) is 5.31. The zero-order chi connectivity index (χ0) is 13.0. The molecule has 1 aromatic carbocycles. The number of aromatic carboxylic acids is 1. The molecule has 1 aromatic heterocycles. The summed E-state index contributed by atoms with van der Waals surface area (Å²) in [6.45, 7) is 2.68. The van der Waals surface area contributed by atoms with Crippen molar-refractivity contribution in [2.75, 3.05) is 6.61 Å². The fourth-order valence-electron chi connectivity index (χ4n) is 1.47. The lowest BCUT2D eigenvalue weighted by molar-refractivity contribution is 0.0682. The topological polar surface area (TPSA) is 77.2 Å². The first-order chi connectivity index (χ1) is 8.66. The average molecular weight is 247 g/mol. The largest absolute Gasteiger partial charge is 0.492 e. The van der Waals surface area contributed by atoms with Gasteiger partial charge in [-0.15, -0.1) is 5.10 Å². The zero-order valence-electron chi connectivity index (χ0n) is 9.91. The summed E-state index contributed by atoms with van der Waals surface area (Å²) in [6, 6.07) is 7.64.